The number of amides is 1. The van der Waals surface area contributed by atoms with Crippen LogP contribution in [0.15, 0.2) is 24.3 Å². The Morgan fingerprint density at radius 2 is 2.22 bits per heavy atom. The predicted octanol–water partition coefficient (Wildman–Crippen LogP) is 0.674. The van der Waals surface area contributed by atoms with Gasteiger partial charge in [0.15, 0.2) is 0 Å². The van der Waals surface area contributed by atoms with Gasteiger partial charge >= 0.3 is 0 Å². The molecule has 3 N–H and O–H groups in total. The summed E-state index contributed by atoms with van der Waals surface area (Å²) in [6.07, 6.45) is 0.804. The normalized spacial score (nSPS) is 10.8. The molecule has 2 rings (SSSR count). The molecule has 0 saturated heterocycles. The first kappa shape index (κ1) is 12.6. The fourth-order valence-electron chi connectivity index (χ4n) is 1.98. The Hall–Kier alpha value is -1.88. The summed E-state index contributed by atoms with van der Waals surface area (Å²) in [5.41, 5.74) is 7.29. The fraction of sp³-hybridized carbons (Fsp3) is 0.385. The van der Waals surface area contributed by atoms with Gasteiger partial charge in [-0.15, -0.1) is 0 Å². The Morgan fingerprint density at radius 1 is 1.44 bits per heavy atom. The van der Waals surface area contributed by atoms with Crippen molar-refractivity contribution in [2.75, 3.05) is 13.1 Å². The third-order valence-corrected chi connectivity index (χ3v) is 2.82. The third kappa shape index (κ3) is 2.51. The minimum atomic E-state index is -0.0293. The first-order valence-electron chi connectivity index (χ1n) is 6.17. The van der Waals surface area contributed by atoms with Crippen LogP contribution in [0.5, 0.6) is 0 Å². The van der Waals surface area contributed by atoms with E-state index in [1.54, 1.807) is 0 Å². The number of nitrogens with zero attached hydrogens (tertiary/aromatic N) is 2. The summed E-state index contributed by atoms with van der Waals surface area (Å²) in [4.78, 5) is 16.3. The Morgan fingerprint density at radius 3 is 2.94 bits per heavy atom. The van der Waals surface area contributed by atoms with E-state index >= 15 is 0 Å². The second kappa shape index (κ2) is 5.64. The molecular formula is C13H18N4O. The first-order chi connectivity index (χ1) is 8.76. The molecule has 18 heavy (non-hydrogen) atoms. The van der Waals surface area contributed by atoms with Crippen molar-refractivity contribution in [2.24, 2.45) is 5.73 Å². The maximum atomic E-state index is 11.8. The van der Waals surface area contributed by atoms with Crippen molar-refractivity contribution in [3.8, 4) is 0 Å². The smallest absolute Gasteiger partial charge is 0.240 e. The first-order valence-corrected chi connectivity index (χ1v) is 6.17. The number of hydrogen-bond acceptors (Lipinski definition) is 3. The van der Waals surface area contributed by atoms with Crippen LogP contribution in [-0.4, -0.2) is 28.5 Å². The van der Waals surface area contributed by atoms with E-state index in [1.807, 2.05) is 35.8 Å². The molecule has 0 aliphatic rings. The van der Waals surface area contributed by atoms with Gasteiger partial charge in [0.1, 0.15) is 12.4 Å². The number of nitrogens with one attached hydrogen (secondary N) is 1. The third-order valence-electron chi connectivity index (χ3n) is 2.82. The van der Waals surface area contributed by atoms with Crippen molar-refractivity contribution < 1.29 is 4.79 Å². The molecule has 2 aromatic rings. The molecule has 0 fully saturated rings. The minimum Gasteiger partial charge on any atom is -0.353 e. The largest absolute Gasteiger partial charge is 0.353 e. The second-order valence-corrected chi connectivity index (χ2v) is 4.10. The number of fused-ring (bicyclic) bond motifs is 1. The number of hydrogen-bond donors (Lipinski definition) is 2. The van der Waals surface area contributed by atoms with Gasteiger partial charge in [-0.05, 0) is 12.1 Å². The van der Waals surface area contributed by atoms with Crippen LogP contribution in [0.1, 0.15) is 12.7 Å². The van der Waals surface area contributed by atoms with Gasteiger partial charge in [-0.1, -0.05) is 19.1 Å². The number of carbonyl (C=O) groups is 1. The molecule has 0 saturated carbocycles. The van der Waals surface area contributed by atoms with Crippen LogP contribution in [0.25, 0.3) is 11.0 Å². The van der Waals surface area contributed by atoms with Crippen molar-refractivity contribution in [3.63, 3.8) is 0 Å². The zero-order valence-electron chi connectivity index (χ0n) is 10.5. The van der Waals surface area contributed by atoms with Crippen molar-refractivity contribution in [2.45, 2.75) is 19.9 Å². The summed E-state index contributed by atoms with van der Waals surface area (Å²) in [6.45, 7) is 3.29. The zero-order valence-corrected chi connectivity index (χ0v) is 10.5. The molecule has 0 aliphatic heterocycles. The summed E-state index contributed by atoms with van der Waals surface area (Å²) in [7, 11) is 0. The van der Waals surface area contributed by atoms with Crippen molar-refractivity contribution >= 4 is 16.9 Å². The molecule has 96 valence electrons. The molecule has 1 heterocycles. The van der Waals surface area contributed by atoms with E-state index < -0.39 is 0 Å². The van der Waals surface area contributed by atoms with Crippen LogP contribution < -0.4 is 11.1 Å². The Kier molecular flexibility index (Phi) is 3.94. The Bertz CT molecular complexity index is 547. The molecule has 5 heteroatoms. The van der Waals surface area contributed by atoms with Gasteiger partial charge in [-0.3, -0.25) is 4.79 Å². The highest BCUT2D eigenvalue weighted by molar-refractivity contribution is 5.81. The molecular weight excluding hydrogens is 228 g/mol. The molecule has 0 unspecified atom stereocenters. The van der Waals surface area contributed by atoms with Crippen LogP contribution >= 0.6 is 0 Å². The molecule has 0 atom stereocenters. The second-order valence-electron chi connectivity index (χ2n) is 4.10. The van der Waals surface area contributed by atoms with Gasteiger partial charge in [-0.25, -0.2) is 4.98 Å². The van der Waals surface area contributed by atoms with Gasteiger partial charge < -0.3 is 15.6 Å². The molecule has 1 aromatic heterocycles. The maximum Gasteiger partial charge on any atom is 0.240 e. The van der Waals surface area contributed by atoms with Crippen LogP contribution in [0.4, 0.5) is 0 Å². The van der Waals surface area contributed by atoms with E-state index in [1.165, 1.54) is 0 Å². The predicted molar refractivity (Wildman–Crippen MR) is 71.2 cm³/mol. The zero-order chi connectivity index (χ0) is 13.0. The average molecular weight is 246 g/mol. The Labute approximate surface area is 106 Å². The molecule has 5 nitrogen and oxygen atoms in total. The van der Waals surface area contributed by atoms with Gasteiger partial charge in [0.05, 0.1) is 11.0 Å². The summed E-state index contributed by atoms with van der Waals surface area (Å²) < 4.78 is 1.96. The lowest BCUT2D eigenvalue weighted by Crippen LogP contribution is -2.32. The number of aromatic nitrogens is 2. The number of carbonyl (C=O) groups excluding carboxylic acids is 1. The van der Waals surface area contributed by atoms with Crippen molar-refractivity contribution in [1.82, 2.24) is 14.9 Å². The standard InChI is InChI=1S/C13H18N4O/c1-2-12-16-10-5-3-4-6-11(10)17(12)9-13(18)15-8-7-14/h3-6H,2,7-9,14H2,1H3,(H,15,18). The molecule has 0 radical (unpaired) electrons. The average Bonchev–Trinajstić information content (AvgIpc) is 2.75. The molecule has 1 aromatic carbocycles. The van der Waals surface area contributed by atoms with Crippen molar-refractivity contribution in [3.05, 3.63) is 30.1 Å². The molecule has 1 amide bonds. The van der Waals surface area contributed by atoms with E-state index in [0.717, 1.165) is 23.3 Å². The van der Waals surface area contributed by atoms with Crippen LogP contribution in [0.2, 0.25) is 0 Å². The van der Waals surface area contributed by atoms with Gasteiger partial charge in [0, 0.05) is 19.5 Å². The highest BCUT2D eigenvalue weighted by Gasteiger charge is 2.11. The SMILES string of the molecule is CCc1nc2ccccc2n1CC(=O)NCCN. The molecule has 0 aliphatic carbocycles. The fourth-order valence-corrected chi connectivity index (χ4v) is 1.98. The monoisotopic (exact) mass is 246 g/mol. The van der Waals surface area contributed by atoms with Crippen molar-refractivity contribution in [1.29, 1.82) is 0 Å². The lowest BCUT2D eigenvalue weighted by atomic mass is 10.3. The number of aryl methyl sites for hydroxylation is 1. The maximum absolute atomic E-state index is 11.8. The van der Waals surface area contributed by atoms with E-state index in [9.17, 15) is 4.79 Å². The van der Waals surface area contributed by atoms with Crippen LogP contribution in [-0.2, 0) is 17.8 Å². The number of rotatable bonds is 5. The van der Waals surface area contributed by atoms with Crippen LogP contribution in [0.3, 0.4) is 0 Å². The van der Waals surface area contributed by atoms with Gasteiger partial charge in [-0.2, -0.15) is 0 Å². The lowest BCUT2D eigenvalue weighted by molar-refractivity contribution is -0.121. The number of nitrogens with two attached hydrogens (primary N) is 1. The van der Waals surface area contributed by atoms with E-state index in [4.69, 9.17) is 5.73 Å². The van der Waals surface area contributed by atoms with E-state index in [-0.39, 0.29) is 5.91 Å². The Balaban J connectivity index is 2.28. The summed E-state index contributed by atoms with van der Waals surface area (Å²) in [6, 6.07) is 7.85. The highest BCUT2D eigenvalue weighted by atomic mass is 16.1. The quantitative estimate of drug-likeness (QED) is 0.814. The highest BCUT2D eigenvalue weighted by Crippen LogP contribution is 2.16. The lowest BCUT2D eigenvalue weighted by Gasteiger charge is -2.08. The summed E-state index contributed by atoms with van der Waals surface area (Å²) >= 11 is 0. The van der Waals surface area contributed by atoms with Gasteiger partial charge in [0.2, 0.25) is 5.91 Å². The number of benzene rings is 1. The van der Waals surface area contributed by atoms with Crippen LogP contribution in [0, 0.1) is 0 Å². The summed E-state index contributed by atoms with van der Waals surface area (Å²) in [5, 5.41) is 2.77. The van der Waals surface area contributed by atoms with E-state index in [0.29, 0.717) is 19.6 Å². The summed E-state index contributed by atoms with van der Waals surface area (Å²) in [5.74, 6) is 0.900. The van der Waals surface area contributed by atoms with Gasteiger partial charge in [0.25, 0.3) is 0 Å². The van der Waals surface area contributed by atoms with E-state index in [2.05, 4.69) is 10.3 Å². The minimum absolute atomic E-state index is 0.0293. The molecule has 0 spiro atoms. The number of imidazole rings is 1. The molecule has 0 bridgehead atoms. The number of para-hydroxylation sites is 2. The topological polar surface area (TPSA) is 72.9 Å².